The fourth-order valence-electron chi connectivity index (χ4n) is 2.89. The summed E-state index contributed by atoms with van der Waals surface area (Å²) in [7, 11) is 0. The number of carbonyl (C=O) groups is 1. The Hall–Kier alpha value is -2.75. The molecule has 2 aromatic rings. The van der Waals surface area contributed by atoms with E-state index in [1.54, 1.807) is 30.3 Å². The van der Waals surface area contributed by atoms with Crippen LogP contribution in [0.25, 0.3) is 0 Å². The average molecular weight is 419 g/mol. The quantitative estimate of drug-likeness (QED) is 0.593. The molecule has 8 heteroatoms. The van der Waals surface area contributed by atoms with Crippen molar-refractivity contribution in [3.63, 3.8) is 0 Å². The van der Waals surface area contributed by atoms with Gasteiger partial charge >= 0.3 is 0 Å². The van der Waals surface area contributed by atoms with Gasteiger partial charge in [0.15, 0.2) is 0 Å². The predicted molar refractivity (Wildman–Crippen MR) is 109 cm³/mol. The van der Waals surface area contributed by atoms with E-state index in [-0.39, 0.29) is 11.4 Å². The van der Waals surface area contributed by atoms with Gasteiger partial charge < -0.3 is 15.1 Å². The van der Waals surface area contributed by atoms with Gasteiger partial charge in [-0.15, -0.1) is 0 Å². The summed E-state index contributed by atoms with van der Waals surface area (Å²) in [4.78, 5) is 16.2. The van der Waals surface area contributed by atoms with E-state index in [9.17, 15) is 14.4 Å². The van der Waals surface area contributed by atoms with Gasteiger partial charge in [0.25, 0.3) is 5.91 Å². The van der Waals surface area contributed by atoms with Crippen molar-refractivity contribution >= 4 is 40.5 Å². The number of amides is 1. The molecule has 0 aromatic heterocycles. The van der Waals surface area contributed by atoms with Gasteiger partial charge in [-0.25, -0.2) is 4.39 Å². The zero-order valence-electron chi connectivity index (χ0n) is 14.8. The molecule has 5 nitrogen and oxygen atoms in total. The molecule has 1 fully saturated rings. The molecular formula is C20H17Cl2FN4O. The van der Waals surface area contributed by atoms with Gasteiger partial charge in [-0.3, -0.25) is 4.79 Å². The van der Waals surface area contributed by atoms with Crippen LogP contribution in [0, 0.1) is 17.1 Å². The van der Waals surface area contributed by atoms with Crippen molar-refractivity contribution in [1.29, 1.82) is 5.26 Å². The third-order valence-electron chi connectivity index (χ3n) is 4.36. The van der Waals surface area contributed by atoms with Crippen LogP contribution in [0.1, 0.15) is 0 Å². The molecule has 1 amide bonds. The molecule has 0 atom stereocenters. The molecular weight excluding hydrogens is 402 g/mol. The third kappa shape index (κ3) is 4.75. The van der Waals surface area contributed by atoms with E-state index in [4.69, 9.17) is 23.2 Å². The molecule has 0 aliphatic carbocycles. The molecule has 0 radical (unpaired) electrons. The lowest BCUT2D eigenvalue weighted by Gasteiger charge is -2.35. The van der Waals surface area contributed by atoms with Crippen LogP contribution >= 0.6 is 23.2 Å². The molecule has 144 valence electrons. The first-order valence-electron chi connectivity index (χ1n) is 8.60. The van der Waals surface area contributed by atoms with Gasteiger partial charge in [0.1, 0.15) is 17.5 Å². The Kier molecular flexibility index (Phi) is 6.40. The fourth-order valence-corrected chi connectivity index (χ4v) is 3.19. The van der Waals surface area contributed by atoms with Crippen molar-refractivity contribution in [3.05, 3.63) is 70.1 Å². The second kappa shape index (κ2) is 8.96. The van der Waals surface area contributed by atoms with E-state index < -0.39 is 5.91 Å². The van der Waals surface area contributed by atoms with Gasteiger partial charge in [-0.1, -0.05) is 35.3 Å². The minimum absolute atomic E-state index is 0.0228. The maximum atomic E-state index is 13.9. The highest BCUT2D eigenvalue weighted by Crippen LogP contribution is 2.25. The Bertz CT molecular complexity index is 949. The van der Waals surface area contributed by atoms with Crippen LogP contribution in [0.5, 0.6) is 0 Å². The number of hydrogen-bond acceptors (Lipinski definition) is 4. The van der Waals surface area contributed by atoms with Gasteiger partial charge in [0.05, 0.1) is 15.7 Å². The lowest BCUT2D eigenvalue weighted by molar-refractivity contribution is -0.112. The van der Waals surface area contributed by atoms with Crippen LogP contribution in [0.15, 0.2) is 54.2 Å². The summed E-state index contributed by atoms with van der Waals surface area (Å²) in [5, 5.41) is 12.7. The number of rotatable bonds is 4. The number of carbonyl (C=O) groups excluding carboxylic acids is 1. The summed E-state index contributed by atoms with van der Waals surface area (Å²) in [6.07, 6.45) is 1.53. The van der Waals surface area contributed by atoms with E-state index in [1.165, 1.54) is 18.3 Å². The van der Waals surface area contributed by atoms with Crippen LogP contribution in [-0.4, -0.2) is 37.0 Å². The normalized spacial score (nSPS) is 14.6. The van der Waals surface area contributed by atoms with Crippen molar-refractivity contribution in [1.82, 2.24) is 4.90 Å². The number of halogens is 3. The average Bonchev–Trinajstić information content (AvgIpc) is 2.70. The smallest absolute Gasteiger partial charge is 0.267 e. The first-order valence-corrected chi connectivity index (χ1v) is 9.35. The highest BCUT2D eigenvalue weighted by Gasteiger charge is 2.19. The van der Waals surface area contributed by atoms with Crippen molar-refractivity contribution < 1.29 is 9.18 Å². The first-order chi connectivity index (χ1) is 13.5. The molecule has 1 saturated heterocycles. The van der Waals surface area contributed by atoms with Crippen molar-refractivity contribution in [3.8, 4) is 6.07 Å². The highest BCUT2D eigenvalue weighted by molar-refractivity contribution is 6.42. The predicted octanol–water partition coefficient (Wildman–Crippen LogP) is 4.30. The fraction of sp³-hybridized carbons (Fsp3) is 0.200. The molecule has 0 spiro atoms. The molecule has 2 aromatic carbocycles. The number of para-hydroxylation sites is 1. The van der Waals surface area contributed by atoms with Gasteiger partial charge in [0, 0.05) is 38.1 Å². The van der Waals surface area contributed by atoms with E-state index >= 15 is 0 Å². The molecule has 0 saturated carbocycles. The molecule has 1 aliphatic heterocycles. The van der Waals surface area contributed by atoms with E-state index in [2.05, 4.69) is 5.32 Å². The summed E-state index contributed by atoms with van der Waals surface area (Å²) in [5.74, 6) is -0.789. The minimum Gasteiger partial charge on any atom is -0.373 e. The van der Waals surface area contributed by atoms with Gasteiger partial charge in [-0.2, -0.15) is 5.26 Å². The Labute approximate surface area is 172 Å². The summed E-state index contributed by atoms with van der Waals surface area (Å²) >= 11 is 11.8. The Morgan fingerprint density at radius 2 is 1.82 bits per heavy atom. The van der Waals surface area contributed by atoms with E-state index in [0.717, 1.165) is 0 Å². The second-order valence-corrected chi connectivity index (χ2v) is 7.03. The van der Waals surface area contributed by atoms with Crippen molar-refractivity contribution in [2.45, 2.75) is 0 Å². The van der Waals surface area contributed by atoms with Crippen LogP contribution in [0.3, 0.4) is 0 Å². The van der Waals surface area contributed by atoms with Gasteiger partial charge in [-0.05, 0) is 30.3 Å². The standard InChI is InChI=1S/C20H17Cl2FN4O/c21-16-6-5-15(11-17(16)22)25-20(28)14(12-24)13-26-7-9-27(10-8-26)19-4-2-1-3-18(19)23/h1-6,11,13H,7-10H2,(H,25,28)/b14-13-. The number of nitrogens with zero attached hydrogens (tertiary/aromatic N) is 3. The molecule has 0 unspecified atom stereocenters. The highest BCUT2D eigenvalue weighted by atomic mass is 35.5. The van der Waals surface area contributed by atoms with Crippen molar-refractivity contribution in [2.75, 3.05) is 36.4 Å². The molecule has 0 bridgehead atoms. The maximum Gasteiger partial charge on any atom is 0.267 e. The first kappa shape index (κ1) is 20.0. The van der Waals surface area contributed by atoms with Crippen LogP contribution in [0.4, 0.5) is 15.8 Å². The zero-order valence-corrected chi connectivity index (χ0v) is 16.3. The summed E-state index contributed by atoms with van der Waals surface area (Å²) in [5.41, 5.74) is 0.985. The second-order valence-electron chi connectivity index (χ2n) is 6.21. The summed E-state index contributed by atoms with van der Waals surface area (Å²) < 4.78 is 13.9. The monoisotopic (exact) mass is 418 g/mol. The number of hydrogen-bond donors (Lipinski definition) is 1. The Balaban J connectivity index is 1.63. The SMILES string of the molecule is N#C/C(=C/N1CCN(c2ccccc2F)CC1)C(=O)Nc1ccc(Cl)c(Cl)c1. The Morgan fingerprint density at radius 1 is 1.11 bits per heavy atom. The van der Waals surface area contributed by atoms with Crippen LogP contribution < -0.4 is 10.2 Å². The number of nitrogens with one attached hydrogen (secondary N) is 1. The Morgan fingerprint density at radius 3 is 2.46 bits per heavy atom. The molecule has 1 heterocycles. The van der Waals surface area contributed by atoms with Crippen LogP contribution in [-0.2, 0) is 4.79 Å². The summed E-state index contributed by atoms with van der Waals surface area (Å²) in [6.45, 7) is 2.31. The lowest BCUT2D eigenvalue weighted by atomic mass is 10.2. The third-order valence-corrected chi connectivity index (χ3v) is 5.10. The largest absolute Gasteiger partial charge is 0.373 e. The topological polar surface area (TPSA) is 59.4 Å². The number of anilines is 2. The molecule has 3 rings (SSSR count). The molecule has 1 N–H and O–H groups in total. The summed E-state index contributed by atoms with van der Waals surface area (Å²) in [6, 6.07) is 13.2. The molecule has 1 aliphatic rings. The number of benzene rings is 2. The van der Waals surface area contributed by atoms with E-state index in [0.29, 0.717) is 47.6 Å². The zero-order chi connectivity index (χ0) is 20.1. The number of piperazine rings is 1. The lowest BCUT2D eigenvalue weighted by Crippen LogP contribution is -2.44. The number of nitriles is 1. The molecule has 28 heavy (non-hydrogen) atoms. The van der Waals surface area contributed by atoms with Gasteiger partial charge in [0.2, 0.25) is 0 Å². The minimum atomic E-state index is -0.530. The van der Waals surface area contributed by atoms with Crippen molar-refractivity contribution in [2.24, 2.45) is 0 Å². The van der Waals surface area contributed by atoms with E-state index in [1.807, 2.05) is 15.9 Å². The van der Waals surface area contributed by atoms with Crippen LogP contribution in [0.2, 0.25) is 10.0 Å². The maximum absolute atomic E-state index is 13.9.